The molecule has 0 radical (unpaired) electrons. The number of pyridine rings is 1. The van der Waals surface area contributed by atoms with Gasteiger partial charge in [0, 0.05) is 21.0 Å². The summed E-state index contributed by atoms with van der Waals surface area (Å²) in [4.78, 5) is 16.2. The fourth-order valence-electron chi connectivity index (χ4n) is 2.11. The highest BCUT2D eigenvalue weighted by Crippen LogP contribution is 2.31. The third kappa shape index (κ3) is 2.70. The van der Waals surface area contributed by atoms with Crippen LogP contribution in [0, 0.1) is 0 Å². The summed E-state index contributed by atoms with van der Waals surface area (Å²) in [6.45, 7) is 8.13. The summed E-state index contributed by atoms with van der Waals surface area (Å²) in [7, 11) is 0. The standard InChI is InChI=1S/C16H18BrNO2/c1-5-9-6-10-11(15(19)20)8-13(16(2,3)4)18-14(10)12(17)7-9/h6-8H,5H2,1-4H3,(H,19,20). The first-order valence-corrected chi connectivity index (χ1v) is 7.40. The van der Waals surface area contributed by atoms with Crippen molar-refractivity contribution in [3.05, 3.63) is 39.5 Å². The number of hydrogen-bond acceptors (Lipinski definition) is 2. The quantitative estimate of drug-likeness (QED) is 0.875. The van der Waals surface area contributed by atoms with Gasteiger partial charge in [0.05, 0.1) is 11.1 Å². The Morgan fingerprint density at radius 1 is 1.30 bits per heavy atom. The Hall–Kier alpha value is -1.42. The molecular weight excluding hydrogens is 318 g/mol. The molecule has 0 aliphatic carbocycles. The second kappa shape index (κ2) is 5.17. The molecule has 1 aromatic carbocycles. The average Bonchev–Trinajstić information content (AvgIpc) is 2.36. The largest absolute Gasteiger partial charge is 0.478 e. The summed E-state index contributed by atoms with van der Waals surface area (Å²) in [5, 5.41) is 10.2. The summed E-state index contributed by atoms with van der Waals surface area (Å²) < 4.78 is 0.848. The molecule has 0 fully saturated rings. The predicted octanol–water partition coefficient (Wildman–Crippen LogP) is 4.56. The van der Waals surface area contributed by atoms with Crippen molar-refractivity contribution in [2.24, 2.45) is 0 Å². The van der Waals surface area contributed by atoms with Crippen LogP contribution >= 0.6 is 15.9 Å². The minimum absolute atomic E-state index is 0.193. The number of carboxylic acids is 1. The first-order chi connectivity index (χ1) is 9.24. The van der Waals surface area contributed by atoms with Crippen molar-refractivity contribution in [2.45, 2.75) is 39.5 Å². The molecule has 1 N–H and O–H groups in total. The van der Waals surface area contributed by atoms with Crippen LogP contribution in [0.2, 0.25) is 0 Å². The number of aromatic carboxylic acids is 1. The van der Waals surface area contributed by atoms with Crippen molar-refractivity contribution in [2.75, 3.05) is 0 Å². The number of benzene rings is 1. The molecule has 3 nitrogen and oxygen atoms in total. The molecule has 20 heavy (non-hydrogen) atoms. The molecule has 1 aromatic heterocycles. The minimum atomic E-state index is -0.914. The zero-order valence-electron chi connectivity index (χ0n) is 12.1. The lowest BCUT2D eigenvalue weighted by molar-refractivity contribution is 0.0699. The van der Waals surface area contributed by atoms with Gasteiger partial charge in [-0.2, -0.15) is 0 Å². The van der Waals surface area contributed by atoms with Gasteiger partial charge in [-0.1, -0.05) is 27.7 Å². The summed E-state index contributed by atoms with van der Waals surface area (Å²) in [5.74, 6) is -0.914. The summed E-state index contributed by atoms with van der Waals surface area (Å²) >= 11 is 3.52. The molecule has 0 unspecified atom stereocenters. The van der Waals surface area contributed by atoms with Crippen LogP contribution in [0.1, 0.15) is 49.3 Å². The summed E-state index contributed by atoms with van der Waals surface area (Å²) in [5.41, 5.74) is 2.72. The third-order valence-electron chi connectivity index (χ3n) is 3.33. The highest BCUT2D eigenvalue weighted by atomic mass is 79.9. The molecule has 0 amide bonds. The topological polar surface area (TPSA) is 50.2 Å². The Labute approximate surface area is 127 Å². The molecule has 0 aliphatic rings. The molecule has 0 bridgehead atoms. The number of aryl methyl sites for hydroxylation is 1. The molecule has 106 valence electrons. The van der Waals surface area contributed by atoms with Gasteiger partial charge >= 0.3 is 5.97 Å². The van der Waals surface area contributed by atoms with Crippen molar-refractivity contribution in [1.29, 1.82) is 0 Å². The van der Waals surface area contributed by atoms with Gasteiger partial charge < -0.3 is 5.11 Å². The average molecular weight is 336 g/mol. The molecule has 4 heteroatoms. The Morgan fingerprint density at radius 2 is 1.95 bits per heavy atom. The van der Waals surface area contributed by atoms with Crippen LogP contribution in [0.3, 0.4) is 0 Å². The number of carboxylic acid groups (broad SMARTS) is 1. The zero-order chi connectivity index (χ0) is 15.1. The molecule has 1 heterocycles. The Balaban J connectivity index is 2.89. The fourth-order valence-corrected chi connectivity index (χ4v) is 2.70. The number of rotatable bonds is 2. The van der Waals surface area contributed by atoms with E-state index in [-0.39, 0.29) is 5.41 Å². The lowest BCUT2D eigenvalue weighted by atomic mass is 9.89. The molecule has 0 atom stereocenters. The highest BCUT2D eigenvalue weighted by molar-refractivity contribution is 9.10. The zero-order valence-corrected chi connectivity index (χ0v) is 13.7. The first-order valence-electron chi connectivity index (χ1n) is 6.61. The van der Waals surface area contributed by atoms with Gasteiger partial charge in [-0.15, -0.1) is 0 Å². The second-order valence-corrected chi connectivity index (χ2v) is 6.79. The number of halogens is 1. The van der Waals surface area contributed by atoms with Gasteiger partial charge in [0.15, 0.2) is 0 Å². The van der Waals surface area contributed by atoms with Crippen molar-refractivity contribution in [3.63, 3.8) is 0 Å². The van der Waals surface area contributed by atoms with E-state index in [1.165, 1.54) is 0 Å². The van der Waals surface area contributed by atoms with Gasteiger partial charge in [-0.25, -0.2) is 4.79 Å². The van der Waals surface area contributed by atoms with E-state index >= 15 is 0 Å². The fraction of sp³-hybridized carbons (Fsp3) is 0.375. The summed E-state index contributed by atoms with van der Waals surface area (Å²) in [6, 6.07) is 5.62. The van der Waals surface area contributed by atoms with E-state index in [1.807, 2.05) is 39.8 Å². The summed E-state index contributed by atoms with van der Waals surface area (Å²) in [6.07, 6.45) is 0.856. The number of fused-ring (bicyclic) bond motifs is 1. The van der Waals surface area contributed by atoms with E-state index in [4.69, 9.17) is 0 Å². The highest BCUT2D eigenvalue weighted by Gasteiger charge is 2.21. The van der Waals surface area contributed by atoms with Crippen molar-refractivity contribution < 1.29 is 9.90 Å². The molecule has 0 spiro atoms. The molecule has 2 rings (SSSR count). The van der Waals surface area contributed by atoms with Crippen LogP contribution in [0.4, 0.5) is 0 Å². The van der Waals surface area contributed by atoms with Crippen molar-refractivity contribution in [1.82, 2.24) is 4.98 Å². The Bertz CT molecular complexity index is 687. The monoisotopic (exact) mass is 335 g/mol. The SMILES string of the molecule is CCc1cc(Br)c2nc(C(C)(C)C)cc(C(=O)O)c2c1. The number of carbonyl (C=O) groups is 1. The van der Waals surface area contributed by atoms with Crippen LogP contribution in [0.5, 0.6) is 0 Å². The lowest BCUT2D eigenvalue weighted by Gasteiger charge is -2.20. The van der Waals surface area contributed by atoms with E-state index in [0.717, 1.165) is 22.2 Å². The third-order valence-corrected chi connectivity index (χ3v) is 3.94. The normalized spacial score (nSPS) is 11.8. The van der Waals surface area contributed by atoms with E-state index in [9.17, 15) is 9.90 Å². The maximum Gasteiger partial charge on any atom is 0.336 e. The van der Waals surface area contributed by atoms with E-state index in [2.05, 4.69) is 20.9 Å². The van der Waals surface area contributed by atoms with Crippen molar-refractivity contribution >= 4 is 32.8 Å². The van der Waals surface area contributed by atoms with Crippen LogP contribution < -0.4 is 0 Å². The number of aromatic nitrogens is 1. The molecule has 0 saturated carbocycles. The molecule has 0 saturated heterocycles. The van der Waals surface area contributed by atoms with Gasteiger partial charge in [-0.05, 0) is 46.1 Å². The Kier molecular flexibility index (Phi) is 3.87. The van der Waals surface area contributed by atoms with Gasteiger partial charge in [-0.3, -0.25) is 4.98 Å². The van der Waals surface area contributed by atoms with Crippen LogP contribution in [-0.4, -0.2) is 16.1 Å². The lowest BCUT2D eigenvalue weighted by Crippen LogP contribution is -2.15. The van der Waals surface area contributed by atoms with E-state index < -0.39 is 5.97 Å². The first kappa shape index (κ1) is 15.0. The van der Waals surface area contributed by atoms with Gasteiger partial charge in [0.2, 0.25) is 0 Å². The van der Waals surface area contributed by atoms with E-state index in [0.29, 0.717) is 16.5 Å². The van der Waals surface area contributed by atoms with Crippen molar-refractivity contribution in [3.8, 4) is 0 Å². The number of hydrogen-bond donors (Lipinski definition) is 1. The van der Waals surface area contributed by atoms with Crippen LogP contribution in [-0.2, 0) is 11.8 Å². The maximum absolute atomic E-state index is 11.6. The smallest absolute Gasteiger partial charge is 0.336 e. The minimum Gasteiger partial charge on any atom is -0.478 e. The molecule has 0 aliphatic heterocycles. The van der Waals surface area contributed by atoms with Gasteiger partial charge in [0.1, 0.15) is 0 Å². The van der Waals surface area contributed by atoms with Gasteiger partial charge in [0.25, 0.3) is 0 Å². The predicted molar refractivity (Wildman–Crippen MR) is 84.5 cm³/mol. The second-order valence-electron chi connectivity index (χ2n) is 5.94. The Morgan fingerprint density at radius 3 is 2.45 bits per heavy atom. The van der Waals surface area contributed by atoms with Crippen LogP contribution in [0.15, 0.2) is 22.7 Å². The van der Waals surface area contributed by atoms with E-state index in [1.54, 1.807) is 6.07 Å². The maximum atomic E-state index is 11.6. The van der Waals surface area contributed by atoms with Crippen LogP contribution in [0.25, 0.3) is 10.9 Å². The molecular formula is C16H18BrNO2. The molecule has 2 aromatic rings. The number of nitrogens with zero attached hydrogens (tertiary/aromatic N) is 1.